The quantitative estimate of drug-likeness (QED) is 0.632. The van der Waals surface area contributed by atoms with Crippen molar-refractivity contribution in [2.24, 2.45) is 0 Å². The Labute approximate surface area is 107 Å². The maximum atomic E-state index is 12.7. The Morgan fingerprint density at radius 2 is 1.71 bits per heavy atom. The van der Waals surface area contributed by atoms with Crippen molar-refractivity contribution in [1.29, 1.82) is 0 Å². The van der Waals surface area contributed by atoms with E-state index in [0.717, 1.165) is 5.56 Å². The van der Waals surface area contributed by atoms with E-state index in [1.165, 1.54) is 24.3 Å². The van der Waals surface area contributed by atoms with Crippen molar-refractivity contribution in [2.45, 2.75) is 4.83 Å². The molecule has 0 saturated carbocycles. The average Bonchev–Trinajstić information content (AvgIpc) is 2.39. The van der Waals surface area contributed by atoms with Crippen LogP contribution in [-0.2, 0) is 0 Å². The van der Waals surface area contributed by atoms with Crippen LogP contribution in [0.3, 0.4) is 0 Å². The number of H-pyrrole nitrogens is 1. The summed E-state index contributed by atoms with van der Waals surface area (Å²) in [5, 5.41) is 0. The predicted molar refractivity (Wildman–Crippen MR) is 65.4 cm³/mol. The first kappa shape index (κ1) is 11.9. The van der Waals surface area contributed by atoms with E-state index in [9.17, 15) is 9.18 Å². The summed E-state index contributed by atoms with van der Waals surface area (Å²) >= 11 is 3.35. The molecule has 2 aromatic rings. The van der Waals surface area contributed by atoms with Crippen LogP contribution in [0.4, 0.5) is 4.39 Å². The fourth-order valence-corrected chi connectivity index (χ4v) is 2.05. The molecular weight excluding hydrogens is 285 g/mol. The fourth-order valence-electron chi connectivity index (χ4n) is 1.48. The number of ketones is 1. The molecule has 0 saturated heterocycles. The third-order valence-corrected chi connectivity index (χ3v) is 3.34. The van der Waals surface area contributed by atoms with Gasteiger partial charge in [0.25, 0.3) is 0 Å². The first-order chi connectivity index (χ1) is 8.18. The topological polar surface area (TPSA) is 31.2 Å². The molecule has 0 fully saturated rings. The molecule has 17 heavy (non-hydrogen) atoms. The zero-order valence-electron chi connectivity index (χ0n) is 8.86. The molecule has 2 rings (SSSR count). The normalized spacial score (nSPS) is 12.1. The lowest BCUT2D eigenvalue weighted by atomic mass is 10.0. The molecule has 1 aromatic carbocycles. The Morgan fingerprint density at radius 3 is 2.29 bits per heavy atom. The van der Waals surface area contributed by atoms with Crippen molar-refractivity contribution in [1.82, 2.24) is 0 Å². The highest BCUT2D eigenvalue weighted by molar-refractivity contribution is 9.09. The number of pyridine rings is 1. The summed E-state index contributed by atoms with van der Waals surface area (Å²) in [4.78, 5) is 14.6. The van der Waals surface area contributed by atoms with Crippen molar-refractivity contribution in [3.63, 3.8) is 0 Å². The van der Waals surface area contributed by atoms with Gasteiger partial charge in [0.1, 0.15) is 10.6 Å². The second kappa shape index (κ2) is 5.19. The molecule has 0 aliphatic rings. The van der Waals surface area contributed by atoms with Crippen LogP contribution in [0.5, 0.6) is 0 Å². The third kappa shape index (κ3) is 2.77. The lowest BCUT2D eigenvalue weighted by Gasteiger charge is -2.07. The third-order valence-electron chi connectivity index (χ3n) is 2.40. The van der Waals surface area contributed by atoms with Crippen LogP contribution in [0.2, 0.25) is 0 Å². The Hall–Kier alpha value is -1.55. The summed E-state index contributed by atoms with van der Waals surface area (Å²) in [5.74, 6) is -0.432. The number of nitrogens with one attached hydrogen (secondary N) is 1. The first-order valence-corrected chi connectivity index (χ1v) is 6.00. The fraction of sp³-hybridized carbons (Fsp3) is 0.0769. The van der Waals surface area contributed by atoms with Gasteiger partial charge < -0.3 is 0 Å². The smallest absolute Gasteiger partial charge is 0.180 e. The molecule has 86 valence electrons. The number of alkyl halides is 1. The Bertz CT molecular complexity index is 513. The maximum Gasteiger partial charge on any atom is 0.180 e. The zero-order chi connectivity index (χ0) is 12.3. The van der Waals surface area contributed by atoms with Gasteiger partial charge in [-0.3, -0.25) is 4.79 Å². The van der Waals surface area contributed by atoms with E-state index in [4.69, 9.17) is 0 Å². The highest BCUT2D eigenvalue weighted by atomic mass is 79.9. The molecule has 1 aromatic heterocycles. The van der Waals surface area contributed by atoms with Crippen molar-refractivity contribution in [3.8, 4) is 0 Å². The Kier molecular flexibility index (Phi) is 3.64. The van der Waals surface area contributed by atoms with E-state index in [0.29, 0.717) is 5.56 Å². The minimum Gasteiger partial charge on any atom is -0.293 e. The number of benzene rings is 1. The molecular formula is C13H10BrFNO+. The maximum absolute atomic E-state index is 12.7. The molecule has 1 unspecified atom stereocenters. The van der Waals surface area contributed by atoms with Gasteiger partial charge in [0.05, 0.1) is 0 Å². The van der Waals surface area contributed by atoms with Gasteiger partial charge in [0, 0.05) is 17.7 Å². The summed E-state index contributed by atoms with van der Waals surface area (Å²) in [6.07, 6.45) is 3.50. The number of halogens is 2. The number of rotatable bonds is 3. The first-order valence-electron chi connectivity index (χ1n) is 5.08. The predicted octanol–water partition coefficient (Wildman–Crippen LogP) is 2.96. The van der Waals surface area contributed by atoms with Gasteiger partial charge in [0.15, 0.2) is 18.2 Å². The van der Waals surface area contributed by atoms with Gasteiger partial charge in [-0.15, -0.1) is 0 Å². The number of carbonyl (C=O) groups excluding carboxylic acids is 1. The van der Waals surface area contributed by atoms with Crippen LogP contribution < -0.4 is 4.98 Å². The minimum atomic E-state index is -0.414. The molecule has 0 spiro atoms. The van der Waals surface area contributed by atoms with Crippen LogP contribution in [0.25, 0.3) is 0 Å². The molecule has 1 heterocycles. The summed E-state index contributed by atoms with van der Waals surface area (Å²) in [5.41, 5.74) is 1.35. The highest BCUT2D eigenvalue weighted by Crippen LogP contribution is 2.26. The van der Waals surface area contributed by atoms with E-state index in [1.54, 1.807) is 12.4 Å². The SMILES string of the molecule is O=C(c1ccc(F)cc1)C(Br)c1cc[nH+]cc1. The van der Waals surface area contributed by atoms with E-state index in [1.807, 2.05) is 12.1 Å². The standard InChI is InChI=1S/C13H9BrFNO/c14-12(9-5-7-16-8-6-9)13(17)10-1-3-11(15)4-2-10/h1-8,12H/p+1. The zero-order valence-corrected chi connectivity index (χ0v) is 10.4. The van der Waals surface area contributed by atoms with Gasteiger partial charge in [0.2, 0.25) is 0 Å². The summed E-state index contributed by atoms with van der Waals surface area (Å²) in [6.45, 7) is 0. The number of hydrogen-bond donors (Lipinski definition) is 0. The van der Waals surface area contributed by atoms with Crippen molar-refractivity contribution < 1.29 is 14.2 Å². The number of Topliss-reactive ketones (excluding diaryl/α,β-unsaturated/α-hetero) is 1. The lowest BCUT2D eigenvalue weighted by molar-refractivity contribution is -0.378. The van der Waals surface area contributed by atoms with E-state index in [2.05, 4.69) is 20.9 Å². The Morgan fingerprint density at radius 1 is 1.12 bits per heavy atom. The molecule has 1 N–H and O–H groups in total. The molecule has 1 atom stereocenters. The van der Waals surface area contributed by atoms with E-state index >= 15 is 0 Å². The molecule has 0 aliphatic carbocycles. The van der Waals surface area contributed by atoms with Gasteiger partial charge in [-0.05, 0) is 29.8 Å². The van der Waals surface area contributed by atoms with Gasteiger partial charge in [-0.1, -0.05) is 15.9 Å². The van der Waals surface area contributed by atoms with E-state index in [-0.39, 0.29) is 11.6 Å². The summed E-state index contributed by atoms with van der Waals surface area (Å²) in [7, 11) is 0. The molecule has 0 bridgehead atoms. The van der Waals surface area contributed by atoms with Crippen LogP contribution in [0.1, 0.15) is 20.7 Å². The Balaban J connectivity index is 2.23. The van der Waals surface area contributed by atoms with Crippen LogP contribution in [-0.4, -0.2) is 5.78 Å². The molecule has 0 aliphatic heterocycles. The average molecular weight is 295 g/mol. The summed E-state index contributed by atoms with van der Waals surface area (Å²) < 4.78 is 12.7. The van der Waals surface area contributed by atoms with Gasteiger partial charge in [-0.25, -0.2) is 9.37 Å². The minimum absolute atomic E-state index is 0.0869. The number of aromatic amines is 1. The largest absolute Gasteiger partial charge is 0.293 e. The van der Waals surface area contributed by atoms with Crippen molar-refractivity contribution in [3.05, 3.63) is 65.7 Å². The molecule has 2 nitrogen and oxygen atoms in total. The van der Waals surface area contributed by atoms with Crippen LogP contribution in [0.15, 0.2) is 48.8 Å². The van der Waals surface area contributed by atoms with Crippen molar-refractivity contribution in [2.75, 3.05) is 0 Å². The molecule has 0 amide bonds. The molecule has 0 radical (unpaired) electrons. The number of hydrogen-bond acceptors (Lipinski definition) is 1. The lowest BCUT2D eigenvalue weighted by Crippen LogP contribution is -2.09. The number of carbonyl (C=O) groups is 1. The van der Waals surface area contributed by atoms with Crippen molar-refractivity contribution >= 4 is 21.7 Å². The number of aromatic nitrogens is 1. The van der Waals surface area contributed by atoms with E-state index < -0.39 is 4.83 Å². The molecule has 4 heteroatoms. The summed E-state index contributed by atoms with van der Waals surface area (Å²) in [6, 6.07) is 9.18. The second-order valence-electron chi connectivity index (χ2n) is 3.57. The van der Waals surface area contributed by atoms with Crippen LogP contribution in [0, 0.1) is 5.82 Å². The highest BCUT2D eigenvalue weighted by Gasteiger charge is 2.19. The van der Waals surface area contributed by atoms with Gasteiger partial charge >= 0.3 is 0 Å². The van der Waals surface area contributed by atoms with Gasteiger partial charge in [-0.2, -0.15) is 0 Å². The monoisotopic (exact) mass is 294 g/mol. The second-order valence-corrected chi connectivity index (χ2v) is 4.48. The van der Waals surface area contributed by atoms with Crippen LogP contribution >= 0.6 is 15.9 Å².